The molecule has 6 nitrogen and oxygen atoms in total. The summed E-state index contributed by atoms with van der Waals surface area (Å²) < 4.78 is 47.3. The van der Waals surface area contributed by atoms with E-state index in [1.807, 2.05) is 0 Å². The van der Waals surface area contributed by atoms with E-state index in [-0.39, 0.29) is 17.1 Å². The van der Waals surface area contributed by atoms with Crippen LogP contribution in [0.1, 0.15) is 18.4 Å². The summed E-state index contributed by atoms with van der Waals surface area (Å²) in [6.07, 6.45) is 0.912. The quantitative estimate of drug-likeness (QED) is 0.722. The van der Waals surface area contributed by atoms with Gasteiger partial charge in [-0.3, -0.25) is 4.79 Å². The van der Waals surface area contributed by atoms with E-state index in [2.05, 4.69) is 21.2 Å². The molecule has 0 aromatic heterocycles. The number of methoxy groups -OCH3 is 1. The molecular weight excluding hydrogens is 451 g/mol. The van der Waals surface area contributed by atoms with Crippen molar-refractivity contribution in [2.75, 3.05) is 19.0 Å². The number of anilines is 1. The van der Waals surface area contributed by atoms with E-state index in [0.29, 0.717) is 28.6 Å². The fraction of sp³-hybridized carbons (Fsp3) is 0.316. The zero-order valence-electron chi connectivity index (χ0n) is 15.4. The number of halogens is 2. The van der Waals surface area contributed by atoms with Crippen LogP contribution in [0, 0.1) is 12.7 Å². The SMILES string of the molecule is COc1ccc(C)c(S(=O)(=O)N2CCC[C@@H]2C(=O)Nc2ccc(Br)cc2F)c1. The highest BCUT2D eigenvalue weighted by Gasteiger charge is 2.40. The van der Waals surface area contributed by atoms with Crippen LogP contribution in [0.3, 0.4) is 0 Å². The van der Waals surface area contributed by atoms with Crippen LogP contribution in [0.2, 0.25) is 0 Å². The minimum absolute atomic E-state index is 0.00927. The van der Waals surface area contributed by atoms with Crippen molar-refractivity contribution >= 4 is 37.5 Å². The number of rotatable bonds is 5. The fourth-order valence-electron chi connectivity index (χ4n) is 3.21. The summed E-state index contributed by atoms with van der Waals surface area (Å²) in [7, 11) is -2.46. The maximum Gasteiger partial charge on any atom is 0.244 e. The van der Waals surface area contributed by atoms with Gasteiger partial charge in [-0.05, 0) is 49.6 Å². The summed E-state index contributed by atoms with van der Waals surface area (Å²) in [6, 6.07) is 8.15. The molecule has 0 bridgehead atoms. The fourth-order valence-corrected chi connectivity index (χ4v) is 5.44. The summed E-state index contributed by atoms with van der Waals surface area (Å²) >= 11 is 3.16. The Morgan fingerprint density at radius 3 is 2.71 bits per heavy atom. The lowest BCUT2D eigenvalue weighted by Gasteiger charge is -2.24. The van der Waals surface area contributed by atoms with Gasteiger partial charge in [-0.2, -0.15) is 4.31 Å². The number of aryl methyl sites for hydroxylation is 1. The van der Waals surface area contributed by atoms with Gasteiger partial charge in [-0.25, -0.2) is 12.8 Å². The molecular formula is C19H20BrFN2O4S. The number of hydrogen-bond acceptors (Lipinski definition) is 4. The van der Waals surface area contributed by atoms with E-state index < -0.39 is 27.8 Å². The Bertz CT molecular complexity index is 1010. The highest BCUT2D eigenvalue weighted by molar-refractivity contribution is 9.10. The van der Waals surface area contributed by atoms with Gasteiger partial charge in [0.2, 0.25) is 15.9 Å². The van der Waals surface area contributed by atoms with Crippen LogP contribution in [0.4, 0.5) is 10.1 Å². The number of hydrogen-bond donors (Lipinski definition) is 1. The molecule has 3 rings (SSSR count). The van der Waals surface area contributed by atoms with E-state index in [9.17, 15) is 17.6 Å². The third-order valence-corrected chi connectivity index (χ3v) is 7.22. The molecule has 1 aliphatic rings. The summed E-state index contributed by atoms with van der Waals surface area (Å²) in [5.41, 5.74) is 0.570. The zero-order valence-corrected chi connectivity index (χ0v) is 17.8. The van der Waals surface area contributed by atoms with Crippen molar-refractivity contribution in [2.24, 2.45) is 0 Å². The molecule has 0 spiro atoms. The predicted molar refractivity (Wildman–Crippen MR) is 107 cm³/mol. The lowest BCUT2D eigenvalue weighted by atomic mass is 10.2. The molecule has 1 atom stereocenters. The predicted octanol–water partition coefficient (Wildman–Crippen LogP) is 3.70. The first kappa shape index (κ1) is 20.8. The Labute approximate surface area is 171 Å². The molecule has 1 aliphatic heterocycles. The first-order chi connectivity index (χ1) is 13.2. The van der Waals surface area contributed by atoms with Gasteiger partial charge in [-0.1, -0.05) is 22.0 Å². The lowest BCUT2D eigenvalue weighted by molar-refractivity contribution is -0.119. The van der Waals surface area contributed by atoms with Gasteiger partial charge < -0.3 is 10.1 Å². The van der Waals surface area contributed by atoms with E-state index in [4.69, 9.17) is 4.74 Å². The molecule has 1 fully saturated rings. The van der Waals surface area contributed by atoms with Crippen molar-refractivity contribution in [3.05, 3.63) is 52.3 Å². The first-order valence-electron chi connectivity index (χ1n) is 8.66. The number of amides is 1. The van der Waals surface area contributed by atoms with Gasteiger partial charge >= 0.3 is 0 Å². The number of carbonyl (C=O) groups excluding carboxylic acids is 1. The first-order valence-corrected chi connectivity index (χ1v) is 10.9. The van der Waals surface area contributed by atoms with E-state index in [0.717, 1.165) is 0 Å². The van der Waals surface area contributed by atoms with Crippen molar-refractivity contribution in [3.63, 3.8) is 0 Å². The monoisotopic (exact) mass is 470 g/mol. The topological polar surface area (TPSA) is 75.7 Å². The molecule has 2 aromatic rings. The van der Waals surface area contributed by atoms with Gasteiger partial charge in [0.25, 0.3) is 0 Å². The smallest absolute Gasteiger partial charge is 0.244 e. The highest BCUT2D eigenvalue weighted by Crippen LogP contribution is 2.31. The molecule has 9 heteroatoms. The summed E-state index contributed by atoms with van der Waals surface area (Å²) in [5, 5.41) is 2.50. The van der Waals surface area contributed by atoms with Crippen molar-refractivity contribution < 1.29 is 22.3 Å². The van der Waals surface area contributed by atoms with Gasteiger partial charge in [0.15, 0.2) is 0 Å². The molecule has 0 unspecified atom stereocenters. The van der Waals surface area contributed by atoms with E-state index in [1.54, 1.807) is 25.1 Å². The molecule has 0 radical (unpaired) electrons. The van der Waals surface area contributed by atoms with Gasteiger partial charge in [0, 0.05) is 17.1 Å². The minimum Gasteiger partial charge on any atom is -0.497 e. The van der Waals surface area contributed by atoms with Gasteiger partial charge in [0.05, 0.1) is 17.7 Å². The Hall–Kier alpha value is -1.97. The number of carbonyl (C=O) groups is 1. The van der Waals surface area contributed by atoms with Gasteiger partial charge in [-0.15, -0.1) is 0 Å². The highest BCUT2D eigenvalue weighted by atomic mass is 79.9. The summed E-state index contributed by atoms with van der Waals surface area (Å²) in [5.74, 6) is -0.733. The largest absolute Gasteiger partial charge is 0.497 e. The molecule has 1 saturated heterocycles. The molecule has 1 heterocycles. The average Bonchev–Trinajstić information content (AvgIpc) is 3.15. The molecule has 0 saturated carbocycles. The Kier molecular flexibility index (Phi) is 6.07. The molecule has 1 N–H and O–H groups in total. The number of sulfonamides is 1. The molecule has 2 aromatic carbocycles. The van der Waals surface area contributed by atoms with Crippen LogP contribution in [0.25, 0.3) is 0 Å². The second-order valence-corrected chi connectivity index (χ2v) is 9.29. The average molecular weight is 471 g/mol. The Morgan fingerprint density at radius 2 is 2.04 bits per heavy atom. The zero-order chi connectivity index (χ0) is 20.5. The minimum atomic E-state index is -3.91. The number of benzene rings is 2. The van der Waals surface area contributed by atoms with Crippen molar-refractivity contribution in [1.82, 2.24) is 4.31 Å². The van der Waals surface area contributed by atoms with E-state index in [1.165, 1.54) is 29.6 Å². The van der Waals surface area contributed by atoms with E-state index >= 15 is 0 Å². The standard InChI is InChI=1S/C19H20BrFN2O4S/c1-12-5-7-14(27-2)11-18(12)28(25,26)23-9-3-4-17(23)19(24)22-16-8-6-13(20)10-15(16)21/h5-8,10-11,17H,3-4,9H2,1-2H3,(H,22,24)/t17-/m1/s1. The Balaban J connectivity index is 1.88. The molecule has 0 aliphatic carbocycles. The van der Waals surface area contributed by atoms with Crippen LogP contribution in [-0.2, 0) is 14.8 Å². The second-order valence-electron chi connectivity index (χ2n) is 6.52. The van der Waals surface area contributed by atoms with Crippen molar-refractivity contribution in [1.29, 1.82) is 0 Å². The van der Waals surface area contributed by atoms with Crippen LogP contribution >= 0.6 is 15.9 Å². The Morgan fingerprint density at radius 1 is 1.29 bits per heavy atom. The third-order valence-electron chi connectivity index (χ3n) is 4.68. The maximum absolute atomic E-state index is 14.0. The third kappa shape index (κ3) is 4.06. The van der Waals surface area contributed by atoms with Crippen LogP contribution < -0.4 is 10.1 Å². The maximum atomic E-state index is 14.0. The van der Waals surface area contributed by atoms with Crippen molar-refractivity contribution in [3.8, 4) is 5.75 Å². The summed E-state index contributed by atoms with van der Waals surface area (Å²) in [4.78, 5) is 12.8. The van der Waals surface area contributed by atoms with Crippen molar-refractivity contribution in [2.45, 2.75) is 30.7 Å². The number of ether oxygens (including phenoxy) is 1. The van der Waals surface area contributed by atoms with Crippen LogP contribution in [-0.4, -0.2) is 38.3 Å². The molecule has 1 amide bonds. The number of nitrogens with zero attached hydrogens (tertiary/aromatic N) is 1. The summed E-state index contributed by atoms with van der Waals surface area (Å²) in [6.45, 7) is 1.91. The second kappa shape index (κ2) is 8.18. The normalized spacial score (nSPS) is 17.5. The van der Waals surface area contributed by atoms with Crippen LogP contribution in [0.15, 0.2) is 45.8 Å². The number of nitrogens with one attached hydrogen (secondary N) is 1. The lowest BCUT2D eigenvalue weighted by Crippen LogP contribution is -2.43. The molecule has 150 valence electrons. The van der Waals surface area contributed by atoms with Crippen LogP contribution in [0.5, 0.6) is 5.75 Å². The van der Waals surface area contributed by atoms with Gasteiger partial charge in [0.1, 0.15) is 17.6 Å². The molecule has 28 heavy (non-hydrogen) atoms.